The van der Waals surface area contributed by atoms with Crippen LogP contribution in [0.25, 0.3) is 0 Å². The summed E-state index contributed by atoms with van der Waals surface area (Å²) in [6.07, 6.45) is 0. The molecule has 0 unspecified atom stereocenters. The molecule has 8 heteroatoms. The molecule has 1 heterocycles. The van der Waals surface area contributed by atoms with Crippen molar-refractivity contribution in [1.82, 2.24) is 0 Å². The van der Waals surface area contributed by atoms with Gasteiger partial charge in [-0.15, -0.1) is 0 Å². The summed E-state index contributed by atoms with van der Waals surface area (Å²) in [7, 11) is 0. The molecule has 1 N–H and O–H groups in total. The molecule has 0 saturated heterocycles. The van der Waals surface area contributed by atoms with Gasteiger partial charge in [0.2, 0.25) is 0 Å². The Morgan fingerprint density at radius 1 is 0.941 bits per heavy atom. The van der Waals surface area contributed by atoms with Gasteiger partial charge in [0.1, 0.15) is 10.7 Å². The predicted molar refractivity (Wildman–Crippen MR) is 135 cm³/mol. The number of anilines is 3. The Morgan fingerprint density at radius 3 is 2.35 bits per heavy atom. The van der Waals surface area contributed by atoms with Gasteiger partial charge in [-0.1, -0.05) is 53.5 Å². The number of carbonyl (C=O) groups excluding carboxylic acids is 3. The SMILES string of the molecule is CCN(C(=O)c1cccc(NC2=C(Cl)C(=O)N(c3cccc(Cl)c3C)C2=O)c1)c1ccccc1. The molecule has 1 aliphatic rings. The molecular weight excluding hydrogens is 473 g/mol. The van der Waals surface area contributed by atoms with Crippen LogP contribution >= 0.6 is 23.2 Å². The maximum atomic E-state index is 13.2. The van der Waals surface area contributed by atoms with Gasteiger partial charge in [-0.2, -0.15) is 0 Å². The Labute approximate surface area is 207 Å². The van der Waals surface area contributed by atoms with E-state index in [1.165, 1.54) is 0 Å². The zero-order chi connectivity index (χ0) is 24.4. The van der Waals surface area contributed by atoms with E-state index in [1.807, 2.05) is 37.3 Å². The van der Waals surface area contributed by atoms with E-state index in [0.29, 0.717) is 34.1 Å². The van der Waals surface area contributed by atoms with E-state index in [-0.39, 0.29) is 16.6 Å². The summed E-state index contributed by atoms with van der Waals surface area (Å²) < 4.78 is 0. The number of imide groups is 1. The van der Waals surface area contributed by atoms with Gasteiger partial charge in [-0.3, -0.25) is 14.4 Å². The van der Waals surface area contributed by atoms with Crippen molar-refractivity contribution >= 4 is 58.0 Å². The van der Waals surface area contributed by atoms with Crippen molar-refractivity contribution in [1.29, 1.82) is 0 Å². The van der Waals surface area contributed by atoms with Gasteiger partial charge in [-0.25, -0.2) is 4.90 Å². The summed E-state index contributed by atoms with van der Waals surface area (Å²) in [5.41, 5.74) is 2.54. The Kier molecular flexibility index (Phi) is 6.72. The molecule has 4 rings (SSSR count). The van der Waals surface area contributed by atoms with Gasteiger partial charge < -0.3 is 10.2 Å². The number of carbonyl (C=O) groups is 3. The first-order valence-corrected chi connectivity index (χ1v) is 11.4. The molecule has 0 atom stereocenters. The second-order valence-electron chi connectivity index (χ2n) is 7.61. The number of amides is 3. The second-order valence-corrected chi connectivity index (χ2v) is 8.39. The summed E-state index contributed by atoms with van der Waals surface area (Å²) in [4.78, 5) is 41.8. The van der Waals surface area contributed by atoms with Gasteiger partial charge in [0.25, 0.3) is 17.7 Å². The number of benzene rings is 3. The first-order valence-electron chi connectivity index (χ1n) is 10.6. The van der Waals surface area contributed by atoms with Crippen molar-refractivity contribution in [3.8, 4) is 0 Å². The van der Waals surface area contributed by atoms with E-state index < -0.39 is 11.8 Å². The highest BCUT2D eigenvalue weighted by Gasteiger charge is 2.39. The quantitative estimate of drug-likeness (QED) is 0.443. The third-order valence-electron chi connectivity index (χ3n) is 5.52. The Balaban J connectivity index is 1.60. The summed E-state index contributed by atoms with van der Waals surface area (Å²) >= 11 is 12.4. The molecular formula is C26H21Cl2N3O3. The first-order chi connectivity index (χ1) is 16.3. The fraction of sp³-hybridized carbons (Fsp3) is 0.115. The highest BCUT2D eigenvalue weighted by atomic mass is 35.5. The highest BCUT2D eigenvalue weighted by molar-refractivity contribution is 6.53. The van der Waals surface area contributed by atoms with Crippen LogP contribution in [0.1, 0.15) is 22.8 Å². The van der Waals surface area contributed by atoms with Crippen LogP contribution in [-0.2, 0) is 9.59 Å². The zero-order valence-corrected chi connectivity index (χ0v) is 20.0. The summed E-state index contributed by atoms with van der Waals surface area (Å²) in [5, 5.41) is 3.12. The Bertz CT molecular complexity index is 1320. The van der Waals surface area contributed by atoms with Gasteiger partial charge in [0.05, 0.1) is 5.69 Å². The lowest BCUT2D eigenvalue weighted by Crippen LogP contribution is -2.33. The van der Waals surface area contributed by atoms with Gasteiger partial charge in [0, 0.05) is 28.5 Å². The molecule has 6 nitrogen and oxygen atoms in total. The maximum absolute atomic E-state index is 13.2. The number of halogens is 2. The molecule has 3 aromatic rings. The number of nitrogens with one attached hydrogen (secondary N) is 1. The molecule has 0 radical (unpaired) electrons. The fourth-order valence-corrected chi connectivity index (χ4v) is 4.13. The van der Waals surface area contributed by atoms with E-state index in [0.717, 1.165) is 10.6 Å². The zero-order valence-electron chi connectivity index (χ0n) is 18.5. The normalized spacial score (nSPS) is 13.5. The van der Waals surface area contributed by atoms with Crippen molar-refractivity contribution in [2.45, 2.75) is 13.8 Å². The summed E-state index contributed by atoms with van der Waals surface area (Å²) in [5.74, 6) is -1.44. The minimum absolute atomic E-state index is 0.0638. The van der Waals surface area contributed by atoms with Gasteiger partial charge in [0.15, 0.2) is 0 Å². The van der Waals surface area contributed by atoms with Gasteiger partial charge >= 0.3 is 0 Å². The number of hydrogen-bond donors (Lipinski definition) is 1. The van der Waals surface area contributed by atoms with E-state index in [9.17, 15) is 14.4 Å². The number of para-hydroxylation sites is 1. The van der Waals surface area contributed by atoms with Crippen LogP contribution in [0.4, 0.5) is 17.1 Å². The molecule has 0 aliphatic carbocycles. The lowest BCUT2D eigenvalue weighted by atomic mass is 10.1. The smallest absolute Gasteiger partial charge is 0.283 e. The topological polar surface area (TPSA) is 69.7 Å². The third-order valence-corrected chi connectivity index (χ3v) is 6.28. The van der Waals surface area contributed by atoms with E-state index in [1.54, 1.807) is 54.3 Å². The lowest BCUT2D eigenvalue weighted by Gasteiger charge is -2.21. The molecule has 3 amide bonds. The Hall–Kier alpha value is -3.61. The van der Waals surface area contributed by atoms with Crippen LogP contribution in [0.15, 0.2) is 83.5 Å². The number of hydrogen-bond acceptors (Lipinski definition) is 4. The predicted octanol–water partition coefficient (Wildman–Crippen LogP) is 5.75. The van der Waals surface area contributed by atoms with E-state index in [2.05, 4.69) is 5.32 Å². The fourth-order valence-electron chi connectivity index (χ4n) is 3.75. The van der Waals surface area contributed by atoms with E-state index >= 15 is 0 Å². The van der Waals surface area contributed by atoms with Crippen LogP contribution in [0.2, 0.25) is 5.02 Å². The Morgan fingerprint density at radius 2 is 1.65 bits per heavy atom. The summed E-state index contributed by atoms with van der Waals surface area (Å²) in [6.45, 7) is 4.10. The van der Waals surface area contributed by atoms with Crippen LogP contribution in [0.5, 0.6) is 0 Å². The van der Waals surface area contributed by atoms with Crippen LogP contribution < -0.4 is 15.1 Å². The van der Waals surface area contributed by atoms with E-state index in [4.69, 9.17) is 23.2 Å². The maximum Gasteiger partial charge on any atom is 0.283 e. The van der Waals surface area contributed by atoms with Crippen LogP contribution in [0.3, 0.4) is 0 Å². The number of rotatable bonds is 6. The molecule has 1 aliphatic heterocycles. The molecule has 3 aromatic carbocycles. The van der Waals surface area contributed by atoms with Crippen molar-refractivity contribution < 1.29 is 14.4 Å². The molecule has 172 valence electrons. The van der Waals surface area contributed by atoms with Crippen molar-refractivity contribution in [3.05, 3.63) is 99.7 Å². The van der Waals surface area contributed by atoms with Crippen molar-refractivity contribution in [2.75, 3.05) is 21.7 Å². The molecule has 0 saturated carbocycles. The highest BCUT2D eigenvalue weighted by Crippen LogP contribution is 2.34. The minimum Gasteiger partial charge on any atom is -0.350 e. The molecule has 34 heavy (non-hydrogen) atoms. The van der Waals surface area contributed by atoms with Crippen molar-refractivity contribution in [2.24, 2.45) is 0 Å². The average Bonchev–Trinajstić information content (AvgIpc) is 3.05. The van der Waals surface area contributed by atoms with Crippen LogP contribution in [0, 0.1) is 6.92 Å². The molecule has 0 aromatic heterocycles. The summed E-state index contributed by atoms with van der Waals surface area (Å²) in [6, 6.07) is 21.0. The largest absolute Gasteiger partial charge is 0.350 e. The van der Waals surface area contributed by atoms with Gasteiger partial charge in [-0.05, 0) is 61.9 Å². The first kappa shape index (κ1) is 23.5. The molecule has 0 fully saturated rings. The lowest BCUT2D eigenvalue weighted by molar-refractivity contribution is -0.120. The number of nitrogens with zero attached hydrogens (tertiary/aromatic N) is 2. The van der Waals surface area contributed by atoms with Crippen molar-refractivity contribution in [3.63, 3.8) is 0 Å². The monoisotopic (exact) mass is 493 g/mol. The molecule has 0 bridgehead atoms. The standard InChI is InChI=1S/C26H21Cl2N3O3/c1-3-30(19-11-5-4-6-12-19)24(32)17-9-7-10-18(15-17)29-23-22(28)25(33)31(26(23)34)21-14-8-13-20(27)16(21)2/h4-15,29H,3H2,1-2H3. The van der Waals surface area contributed by atoms with Crippen LogP contribution in [-0.4, -0.2) is 24.3 Å². The third kappa shape index (κ3) is 4.30. The minimum atomic E-state index is -0.645. The molecule has 0 spiro atoms. The average molecular weight is 494 g/mol. The second kappa shape index (κ2) is 9.71.